The Morgan fingerprint density at radius 1 is 0.677 bits per heavy atom. The molecule has 0 bridgehead atoms. The molecule has 4 aromatic carbocycles. The SMILES string of the molecule is O=C(O)[C@@H](Cc1ccccc1Oc1ccccc1)Oc1ccc(-c2ccccc2)cc1. The molecular formula is C27H22O4. The molecule has 0 spiro atoms. The normalized spacial score (nSPS) is 11.5. The molecule has 0 aliphatic rings. The highest BCUT2D eigenvalue weighted by atomic mass is 16.5. The molecule has 0 aliphatic heterocycles. The third kappa shape index (κ3) is 5.31. The smallest absolute Gasteiger partial charge is 0.345 e. The summed E-state index contributed by atoms with van der Waals surface area (Å²) in [6, 6.07) is 34.2. The van der Waals surface area contributed by atoms with Crippen LogP contribution >= 0.6 is 0 Å². The Labute approximate surface area is 181 Å². The zero-order valence-corrected chi connectivity index (χ0v) is 16.8. The molecule has 0 unspecified atom stereocenters. The predicted molar refractivity (Wildman–Crippen MR) is 121 cm³/mol. The lowest BCUT2D eigenvalue weighted by molar-refractivity contribution is -0.145. The number of para-hydroxylation sites is 2. The minimum atomic E-state index is -1.04. The number of ether oxygens (including phenoxy) is 2. The lowest BCUT2D eigenvalue weighted by atomic mass is 10.1. The van der Waals surface area contributed by atoms with E-state index in [2.05, 4.69) is 0 Å². The maximum Gasteiger partial charge on any atom is 0.345 e. The van der Waals surface area contributed by atoms with Crippen LogP contribution in [0.15, 0.2) is 109 Å². The van der Waals surface area contributed by atoms with E-state index in [0.29, 0.717) is 17.2 Å². The van der Waals surface area contributed by atoms with Crippen LogP contribution in [-0.4, -0.2) is 17.2 Å². The molecule has 154 valence electrons. The highest BCUT2D eigenvalue weighted by Crippen LogP contribution is 2.28. The Bertz CT molecular complexity index is 1120. The van der Waals surface area contributed by atoms with Gasteiger partial charge in [-0.15, -0.1) is 0 Å². The van der Waals surface area contributed by atoms with Crippen LogP contribution < -0.4 is 9.47 Å². The van der Waals surface area contributed by atoms with Crippen molar-refractivity contribution in [1.82, 2.24) is 0 Å². The number of carbonyl (C=O) groups is 1. The van der Waals surface area contributed by atoms with Gasteiger partial charge in [0.05, 0.1) is 0 Å². The van der Waals surface area contributed by atoms with Gasteiger partial charge in [-0.3, -0.25) is 0 Å². The summed E-state index contributed by atoms with van der Waals surface area (Å²) < 4.78 is 11.8. The number of rotatable bonds is 8. The van der Waals surface area contributed by atoms with Gasteiger partial charge in [0.15, 0.2) is 6.10 Å². The van der Waals surface area contributed by atoms with Crippen LogP contribution in [0.1, 0.15) is 5.56 Å². The van der Waals surface area contributed by atoms with E-state index >= 15 is 0 Å². The van der Waals surface area contributed by atoms with Crippen LogP contribution in [0.25, 0.3) is 11.1 Å². The van der Waals surface area contributed by atoms with Crippen molar-refractivity contribution >= 4 is 5.97 Å². The maximum atomic E-state index is 11.9. The number of hydrogen-bond donors (Lipinski definition) is 1. The first-order valence-electron chi connectivity index (χ1n) is 10.0. The molecule has 0 fully saturated rings. The molecule has 0 saturated heterocycles. The summed E-state index contributed by atoms with van der Waals surface area (Å²) in [7, 11) is 0. The first kappa shape index (κ1) is 20.2. The molecule has 0 amide bonds. The van der Waals surface area contributed by atoms with E-state index in [0.717, 1.165) is 16.7 Å². The van der Waals surface area contributed by atoms with Crippen molar-refractivity contribution in [2.75, 3.05) is 0 Å². The van der Waals surface area contributed by atoms with E-state index in [4.69, 9.17) is 9.47 Å². The molecule has 0 saturated carbocycles. The summed E-state index contributed by atoms with van der Waals surface area (Å²) in [5.74, 6) is 0.789. The number of aliphatic carboxylic acids is 1. The molecule has 1 N–H and O–H groups in total. The average Bonchev–Trinajstić information content (AvgIpc) is 2.81. The van der Waals surface area contributed by atoms with Crippen molar-refractivity contribution in [3.8, 4) is 28.4 Å². The highest BCUT2D eigenvalue weighted by molar-refractivity contribution is 5.73. The molecule has 1 atom stereocenters. The Morgan fingerprint density at radius 2 is 1.26 bits per heavy atom. The summed E-state index contributed by atoms with van der Waals surface area (Å²) in [6.45, 7) is 0. The predicted octanol–water partition coefficient (Wildman–Crippen LogP) is 6.22. The van der Waals surface area contributed by atoms with Crippen molar-refractivity contribution in [3.63, 3.8) is 0 Å². The Morgan fingerprint density at radius 3 is 1.94 bits per heavy atom. The van der Waals surface area contributed by atoms with Crippen molar-refractivity contribution in [2.45, 2.75) is 12.5 Å². The highest BCUT2D eigenvalue weighted by Gasteiger charge is 2.22. The molecule has 0 radical (unpaired) electrons. The number of carboxylic acids is 1. The van der Waals surface area contributed by atoms with Crippen molar-refractivity contribution in [3.05, 3.63) is 115 Å². The average molecular weight is 410 g/mol. The summed E-state index contributed by atoms with van der Waals surface area (Å²) in [5.41, 5.74) is 2.90. The Balaban J connectivity index is 1.50. The third-order valence-corrected chi connectivity index (χ3v) is 4.86. The molecule has 4 aromatic rings. The van der Waals surface area contributed by atoms with Crippen LogP contribution in [0.5, 0.6) is 17.2 Å². The van der Waals surface area contributed by atoms with E-state index in [9.17, 15) is 9.90 Å². The van der Waals surface area contributed by atoms with Crippen molar-refractivity contribution < 1.29 is 19.4 Å². The van der Waals surface area contributed by atoms with Gasteiger partial charge in [-0.25, -0.2) is 4.79 Å². The monoisotopic (exact) mass is 410 g/mol. The quantitative estimate of drug-likeness (QED) is 0.375. The summed E-state index contributed by atoms with van der Waals surface area (Å²) in [5, 5.41) is 9.74. The van der Waals surface area contributed by atoms with Crippen LogP contribution in [0.2, 0.25) is 0 Å². The number of hydrogen-bond acceptors (Lipinski definition) is 3. The van der Waals surface area contributed by atoms with E-state index < -0.39 is 12.1 Å². The maximum absolute atomic E-state index is 11.9. The van der Waals surface area contributed by atoms with Gasteiger partial charge in [0.1, 0.15) is 17.2 Å². The molecule has 4 rings (SSSR count). The van der Waals surface area contributed by atoms with Crippen LogP contribution in [-0.2, 0) is 11.2 Å². The molecule has 0 aromatic heterocycles. The van der Waals surface area contributed by atoms with Gasteiger partial charge in [-0.2, -0.15) is 0 Å². The number of carboxylic acid groups (broad SMARTS) is 1. The lowest BCUT2D eigenvalue weighted by Gasteiger charge is -2.18. The Kier molecular flexibility index (Phi) is 6.29. The molecule has 0 aliphatic carbocycles. The van der Waals surface area contributed by atoms with Gasteiger partial charge >= 0.3 is 5.97 Å². The number of benzene rings is 4. The molecule has 4 heteroatoms. The van der Waals surface area contributed by atoms with Gasteiger partial charge in [0.25, 0.3) is 0 Å². The fourth-order valence-corrected chi connectivity index (χ4v) is 3.29. The summed E-state index contributed by atoms with van der Waals surface area (Å²) in [6.07, 6.45) is -0.859. The summed E-state index contributed by atoms with van der Waals surface area (Å²) in [4.78, 5) is 11.9. The van der Waals surface area contributed by atoms with Gasteiger partial charge in [-0.1, -0.05) is 78.9 Å². The van der Waals surface area contributed by atoms with E-state index in [1.54, 1.807) is 12.1 Å². The van der Waals surface area contributed by atoms with E-state index in [1.807, 2.05) is 97.1 Å². The van der Waals surface area contributed by atoms with Crippen LogP contribution in [0, 0.1) is 0 Å². The fourth-order valence-electron chi connectivity index (χ4n) is 3.29. The lowest BCUT2D eigenvalue weighted by Crippen LogP contribution is -2.29. The summed E-state index contributed by atoms with van der Waals surface area (Å²) >= 11 is 0. The van der Waals surface area contributed by atoms with Gasteiger partial charge in [0, 0.05) is 6.42 Å². The molecule has 0 heterocycles. The van der Waals surface area contributed by atoms with Crippen LogP contribution in [0.4, 0.5) is 0 Å². The topological polar surface area (TPSA) is 55.8 Å². The second-order valence-corrected chi connectivity index (χ2v) is 7.06. The minimum Gasteiger partial charge on any atom is -0.478 e. The third-order valence-electron chi connectivity index (χ3n) is 4.86. The first-order chi connectivity index (χ1) is 15.2. The Hall–Kier alpha value is -4.05. The zero-order chi connectivity index (χ0) is 21.5. The zero-order valence-electron chi connectivity index (χ0n) is 16.8. The fraction of sp³-hybridized carbons (Fsp3) is 0.0741. The first-order valence-corrected chi connectivity index (χ1v) is 10.0. The molecular weight excluding hydrogens is 388 g/mol. The largest absolute Gasteiger partial charge is 0.478 e. The van der Waals surface area contributed by atoms with Crippen molar-refractivity contribution in [1.29, 1.82) is 0 Å². The second kappa shape index (κ2) is 9.63. The van der Waals surface area contributed by atoms with Gasteiger partial charge in [-0.05, 0) is 47.0 Å². The van der Waals surface area contributed by atoms with Crippen LogP contribution in [0.3, 0.4) is 0 Å². The van der Waals surface area contributed by atoms with Gasteiger partial charge < -0.3 is 14.6 Å². The van der Waals surface area contributed by atoms with Gasteiger partial charge in [0.2, 0.25) is 0 Å². The molecule has 4 nitrogen and oxygen atoms in total. The van der Waals surface area contributed by atoms with E-state index in [-0.39, 0.29) is 6.42 Å². The second-order valence-electron chi connectivity index (χ2n) is 7.06. The van der Waals surface area contributed by atoms with E-state index in [1.165, 1.54) is 0 Å². The minimum absolute atomic E-state index is 0.179. The van der Waals surface area contributed by atoms with Crippen molar-refractivity contribution in [2.24, 2.45) is 0 Å². The standard InChI is InChI=1S/C27H22O4/c28-27(29)26(31-24-17-15-21(16-18-24)20-9-3-1-4-10-20)19-22-11-7-8-14-25(22)30-23-12-5-2-6-13-23/h1-18,26H,19H2,(H,28,29)/t26-/m1/s1. The molecule has 31 heavy (non-hydrogen) atoms.